The summed E-state index contributed by atoms with van der Waals surface area (Å²) < 4.78 is 94.4. The van der Waals surface area contributed by atoms with E-state index in [4.69, 9.17) is 33.7 Å². The Morgan fingerprint density at radius 2 is 1.68 bits per heavy atom. The van der Waals surface area contributed by atoms with E-state index in [1.165, 1.54) is 12.3 Å². The van der Waals surface area contributed by atoms with Crippen LogP contribution in [0.5, 0.6) is 5.88 Å². The van der Waals surface area contributed by atoms with Crippen LogP contribution >= 0.6 is 0 Å². The fraction of sp³-hybridized carbons (Fsp3) is 0.476. The summed E-state index contributed by atoms with van der Waals surface area (Å²) in [7, 11) is 0. The van der Waals surface area contributed by atoms with Crippen LogP contribution < -0.4 is 4.74 Å². The molecule has 0 aromatic carbocycles. The normalized spacial score (nSPS) is 21.5. The highest BCUT2D eigenvalue weighted by Gasteiger charge is 2.44. The summed E-state index contributed by atoms with van der Waals surface area (Å²) in [5.74, 6) is -4.94. The van der Waals surface area contributed by atoms with Gasteiger partial charge in [-0.05, 0) is 37.1 Å². The molecule has 37 heavy (non-hydrogen) atoms. The van der Waals surface area contributed by atoms with Crippen molar-refractivity contribution in [1.82, 2.24) is 9.88 Å². The highest BCUT2D eigenvalue weighted by Crippen LogP contribution is 2.34. The first-order chi connectivity index (χ1) is 17.2. The van der Waals surface area contributed by atoms with Gasteiger partial charge in [0.15, 0.2) is 5.82 Å². The Labute approximate surface area is 204 Å². The average molecular weight is 546 g/mol. The number of hydrogen-bond acceptors (Lipinski definition) is 7. The number of fused-ring (bicyclic) bond motifs is 1. The summed E-state index contributed by atoms with van der Waals surface area (Å²) >= 11 is 0. The molecule has 3 heterocycles. The van der Waals surface area contributed by atoms with E-state index in [0.29, 0.717) is 6.61 Å². The third kappa shape index (κ3) is 9.20. The van der Waals surface area contributed by atoms with E-state index in [1.807, 2.05) is 12.1 Å². The zero-order valence-corrected chi connectivity index (χ0v) is 18.7. The Bertz CT molecular complexity index is 991. The van der Waals surface area contributed by atoms with Gasteiger partial charge in [-0.15, -0.1) is 0 Å². The van der Waals surface area contributed by atoms with Crippen molar-refractivity contribution in [1.29, 1.82) is 0 Å². The molecule has 0 radical (unpaired) electrons. The van der Waals surface area contributed by atoms with Gasteiger partial charge < -0.3 is 24.1 Å². The average Bonchev–Trinajstić information content (AvgIpc) is 3.46. The summed E-state index contributed by atoms with van der Waals surface area (Å²) in [6.45, 7) is 2.28. The summed E-state index contributed by atoms with van der Waals surface area (Å²) in [6.07, 6.45) is -5.36. The Morgan fingerprint density at radius 3 is 2.19 bits per heavy atom. The second kappa shape index (κ2) is 12.7. The van der Waals surface area contributed by atoms with Crippen molar-refractivity contribution in [3.05, 3.63) is 48.3 Å². The fourth-order valence-corrected chi connectivity index (χ4v) is 3.52. The fourth-order valence-electron chi connectivity index (χ4n) is 3.52. The minimum Gasteiger partial charge on any atom is -0.475 e. The molecule has 1 aliphatic carbocycles. The van der Waals surface area contributed by atoms with Crippen LogP contribution in [0, 0.1) is 5.82 Å². The molecule has 2 N–H and O–H groups in total. The van der Waals surface area contributed by atoms with Gasteiger partial charge in [0.05, 0.1) is 19.4 Å². The van der Waals surface area contributed by atoms with E-state index in [9.17, 15) is 30.7 Å². The first kappa shape index (κ1) is 29.8. The van der Waals surface area contributed by atoms with Crippen LogP contribution in [0.25, 0.3) is 0 Å². The van der Waals surface area contributed by atoms with Crippen LogP contribution in [0.4, 0.5) is 30.7 Å². The van der Waals surface area contributed by atoms with Crippen LogP contribution in [0.2, 0.25) is 0 Å². The van der Waals surface area contributed by atoms with E-state index < -0.39 is 30.1 Å². The molecule has 206 valence electrons. The quantitative estimate of drug-likeness (QED) is 0.550. The lowest BCUT2D eigenvalue weighted by atomic mass is 10.1. The molecule has 0 amide bonds. The van der Waals surface area contributed by atoms with E-state index in [-0.39, 0.29) is 24.1 Å². The number of aliphatic carboxylic acids is 2. The summed E-state index contributed by atoms with van der Waals surface area (Å²) in [4.78, 5) is 24.1. The van der Waals surface area contributed by atoms with Crippen LogP contribution in [0.1, 0.15) is 18.6 Å². The smallest absolute Gasteiger partial charge is 0.475 e. The molecule has 9 nitrogen and oxygen atoms in total. The van der Waals surface area contributed by atoms with Crippen molar-refractivity contribution in [2.24, 2.45) is 0 Å². The van der Waals surface area contributed by atoms with Crippen molar-refractivity contribution in [2.45, 2.75) is 50.0 Å². The van der Waals surface area contributed by atoms with Gasteiger partial charge in [-0.25, -0.2) is 19.0 Å². The number of pyridine rings is 1. The number of aromatic nitrogens is 1. The topological polar surface area (TPSA) is 122 Å². The lowest BCUT2D eigenvalue weighted by Gasteiger charge is -2.38. The number of rotatable bonds is 4. The third-order valence-corrected chi connectivity index (χ3v) is 5.06. The molecule has 16 heteroatoms. The number of carboxylic acid groups (broad SMARTS) is 2. The van der Waals surface area contributed by atoms with Crippen molar-refractivity contribution < 1.29 is 64.4 Å². The number of alkyl halides is 6. The van der Waals surface area contributed by atoms with Crippen molar-refractivity contribution in [3.63, 3.8) is 0 Å². The number of ether oxygens (including phenoxy) is 2. The molecule has 0 unspecified atom stereocenters. The number of nitrogens with zero attached hydrogens (tertiary/aromatic N) is 2. The molecule has 3 atom stereocenters. The molecule has 0 spiro atoms. The Hall–Kier alpha value is -3.40. The van der Waals surface area contributed by atoms with Crippen LogP contribution in [0.3, 0.4) is 0 Å². The number of carboxylic acids is 2. The summed E-state index contributed by atoms with van der Waals surface area (Å²) in [6, 6.07) is 7.07. The molecule has 0 bridgehead atoms. The first-order valence-electron chi connectivity index (χ1n) is 10.5. The number of carbonyl (C=O) groups is 2. The van der Waals surface area contributed by atoms with Gasteiger partial charge in [-0.3, -0.25) is 4.90 Å². The molecule has 2 aromatic rings. The lowest BCUT2D eigenvalue weighted by molar-refractivity contribution is -0.193. The van der Waals surface area contributed by atoms with E-state index in [1.54, 1.807) is 12.3 Å². The van der Waals surface area contributed by atoms with Gasteiger partial charge in [0.25, 0.3) is 5.88 Å². The van der Waals surface area contributed by atoms with Gasteiger partial charge in [0.1, 0.15) is 18.0 Å². The van der Waals surface area contributed by atoms with E-state index in [0.717, 1.165) is 31.7 Å². The standard InChI is InChI=1S/C17H19FN2O3.2C2HF3O2/c18-13-4-1-7-19-17(13)23-15-6-5-14-16(15)22-10-8-20(14)11-12-3-2-9-21-12;2*3-2(4,5)1(6)7/h1-4,7,9,14-16H,5-6,8,10-11H2;2*(H,6,7)/t14-,15-,16+;;/m0../s1. The molecule has 1 aliphatic heterocycles. The molecule has 1 saturated carbocycles. The molecular weight excluding hydrogens is 525 g/mol. The second-order valence-electron chi connectivity index (χ2n) is 7.58. The maximum Gasteiger partial charge on any atom is 0.490 e. The molecule has 1 saturated heterocycles. The summed E-state index contributed by atoms with van der Waals surface area (Å²) in [5.41, 5.74) is 0. The van der Waals surface area contributed by atoms with Gasteiger partial charge >= 0.3 is 24.3 Å². The van der Waals surface area contributed by atoms with Gasteiger partial charge in [-0.2, -0.15) is 26.3 Å². The SMILES string of the molecule is Fc1cccnc1O[C@H]1CC[C@H]2[C@H]1OCCN2Cc1ccco1.O=C(O)C(F)(F)F.O=C(O)C(F)(F)F. The van der Waals surface area contributed by atoms with Crippen molar-refractivity contribution >= 4 is 11.9 Å². The van der Waals surface area contributed by atoms with E-state index in [2.05, 4.69) is 9.88 Å². The highest BCUT2D eigenvalue weighted by atomic mass is 19.4. The molecule has 2 aliphatic rings. The molecule has 2 fully saturated rings. The predicted molar refractivity (Wildman–Crippen MR) is 108 cm³/mol. The van der Waals surface area contributed by atoms with Gasteiger partial charge in [0, 0.05) is 18.8 Å². The predicted octanol–water partition coefficient (Wildman–Crippen LogP) is 3.89. The monoisotopic (exact) mass is 546 g/mol. The van der Waals surface area contributed by atoms with Crippen molar-refractivity contribution in [2.75, 3.05) is 13.2 Å². The zero-order valence-electron chi connectivity index (χ0n) is 18.7. The minimum atomic E-state index is -5.08. The Kier molecular flexibility index (Phi) is 10.2. The number of morpholine rings is 1. The second-order valence-corrected chi connectivity index (χ2v) is 7.58. The zero-order chi connectivity index (χ0) is 27.8. The largest absolute Gasteiger partial charge is 0.490 e. The maximum atomic E-state index is 13.7. The number of hydrogen-bond donors (Lipinski definition) is 2. The molecule has 4 rings (SSSR count). The molecule has 2 aromatic heterocycles. The third-order valence-electron chi connectivity index (χ3n) is 5.06. The van der Waals surface area contributed by atoms with E-state index >= 15 is 0 Å². The molecular formula is C21H21F7N2O7. The van der Waals surface area contributed by atoms with Gasteiger partial charge in [0.2, 0.25) is 0 Å². The van der Waals surface area contributed by atoms with Gasteiger partial charge in [-0.1, -0.05) is 0 Å². The van der Waals surface area contributed by atoms with Crippen LogP contribution in [-0.2, 0) is 20.9 Å². The van der Waals surface area contributed by atoms with Crippen LogP contribution in [0.15, 0.2) is 41.1 Å². The van der Waals surface area contributed by atoms with Crippen LogP contribution in [-0.4, -0.2) is 75.8 Å². The number of halogens is 7. The van der Waals surface area contributed by atoms with Crippen molar-refractivity contribution in [3.8, 4) is 5.88 Å². The first-order valence-corrected chi connectivity index (χ1v) is 10.5. The Morgan fingerprint density at radius 1 is 1.05 bits per heavy atom. The minimum absolute atomic E-state index is 0.0554. The lowest BCUT2D eigenvalue weighted by Crippen LogP contribution is -2.51. The maximum absolute atomic E-state index is 13.7. The highest BCUT2D eigenvalue weighted by molar-refractivity contribution is 5.73. The Balaban J connectivity index is 0.000000286. The number of furan rings is 1. The summed E-state index contributed by atoms with van der Waals surface area (Å²) in [5, 5.41) is 14.2.